The van der Waals surface area contributed by atoms with Crippen molar-refractivity contribution in [3.05, 3.63) is 120 Å². The molecular weight excluding hydrogens is 497 g/mol. The van der Waals surface area contributed by atoms with E-state index in [-0.39, 0.29) is 11.3 Å². The Kier molecular flexibility index (Phi) is 6.86. The molecule has 1 N–H and O–H groups in total. The fraction of sp³-hybridized carbons (Fsp3) is 0.103. The van der Waals surface area contributed by atoms with Gasteiger partial charge in [0.05, 0.1) is 16.8 Å². The van der Waals surface area contributed by atoms with Crippen LogP contribution < -0.4 is 0 Å². The van der Waals surface area contributed by atoms with Crippen molar-refractivity contribution in [2.24, 2.45) is 0 Å². The summed E-state index contributed by atoms with van der Waals surface area (Å²) in [6.07, 6.45) is 0.685. The molecule has 0 amide bonds. The van der Waals surface area contributed by atoms with Gasteiger partial charge >= 0.3 is 6.18 Å². The van der Waals surface area contributed by atoms with Crippen molar-refractivity contribution in [2.75, 3.05) is 0 Å². The maximum atomic E-state index is 13.8. The molecule has 0 saturated heterocycles. The van der Waals surface area contributed by atoms with Crippen molar-refractivity contribution >= 4 is 22.0 Å². The van der Waals surface area contributed by atoms with Crippen molar-refractivity contribution in [3.63, 3.8) is 0 Å². The van der Waals surface area contributed by atoms with Gasteiger partial charge < -0.3 is 4.55 Å². The molecule has 0 bridgehead atoms. The lowest BCUT2D eigenvalue weighted by atomic mass is 9.90. The van der Waals surface area contributed by atoms with Crippen LogP contribution in [0.5, 0.6) is 0 Å². The molecule has 4 nitrogen and oxygen atoms in total. The normalized spacial score (nSPS) is 12.5. The largest absolute Gasteiger partial charge is 0.418 e. The van der Waals surface area contributed by atoms with Crippen LogP contribution in [0.1, 0.15) is 22.3 Å². The molecule has 1 unspecified atom stereocenters. The second kappa shape index (κ2) is 10.2. The number of halogens is 3. The zero-order valence-electron chi connectivity index (χ0n) is 19.4. The smallest absolute Gasteiger partial charge is 0.306 e. The number of alkyl halides is 3. The van der Waals surface area contributed by atoms with Gasteiger partial charge in [0.15, 0.2) is 11.1 Å². The molecule has 0 spiro atoms. The van der Waals surface area contributed by atoms with Gasteiger partial charge in [-0.15, -0.1) is 0 Å². The first-order valence-corrected chi connectivity index (χ1v) is 12.7. The van der Waals surface area contributed by atoms with Gasteiger partial charge in [-0.1, -0.05) is 60.7 Å². The first-order valence-electron chi connectivity index (χ1n) is 11.4. The standard InChI is InChI=1S/C29H21F3N2O2S/c30-29(31,32)26-11-5-10-25-27(24(17-34-28(25)26)12-19-6-2-1-3-7-19)22-9-4-8-21(14-22)23-13-20(15-33-16-23)18-37(35)36/h1-11,13-17H,12,18H2,(H,35,36). The van der Waals surface area contributed by atoms with Gasteiger partial charge in [-0.25, -0.2) is 4.21 Å². The second-order valence-electron chi connectivity index (χ2n) is 8.65. The highest BCUT2D eigenvalue weighted by Gasteiger charge is 2.33. The number of pyridine rings is 2. The van der Waals surface area contributed by atoms with Crippen LogP contribution in [0.2, 0.25) is 0 Å². The molecule has 0 saturated carbocycles. The van der Waals surface area contributed by atoms with Gasteiger partial charge in [-0.3, -0.25) is 9.97 Å². The van der Waals surface area contributed by atoms with E-state index in [1.807, 2.05) is 54.6 Å². The van der Waals surface area contributed by atoms with Crippen LogP contribution in [0.4, 0.5) is 13.2 Å². The van der Waals surface area contributed by atoms with E-state index >= 15 is 0 Å². The van der Waals surface area contributed by atoms with Gasteiger partial charge in [-0.2, -0.15) is 13.2 Å². The summed E-state index contributed by atoms with van der Waals surface area (Å²) in [4.78, 5) is 8.47. The van der Waals surface area contributed by atoms with E-state index in [1.165, 1.54) is 18.5 Å². The Bertz CT molecular complexity index is 1600. The molecular formula is C29H21F3N2O2S. The fourth-order valence-electron chi connectivity index (χ4n) is 4.51. The van der Waals surface area contributed by atoms with Gasteiger partial charge in [0, 0.05) is 29.5 Å². The Balaban J connectivity index is 1.70. The number of nitrogens with zero attached hydrogens (tertiary/aromatic N) is 2. The van der Waals surface area contributed by atoms with Gasteiger partial charge in [-0.05, 0) is 58.0 Å². The molecule has 1 atom stereocenters. The minimum Gasteiger partial charge on any atom is -0.306 e. The lowest BCUT2D eigenvalue weighted by molar-refractivity contribution is -0.136. The van der Waals surface area contributed by atoms with Crippen LogP contribution in [0.15, 0.2) is 97.5 Å². The minimum atomic E-state index is -4.54. The van der Waals surface area contributed by atoms with E-state index < -0.39 is 22.8 Å². The van der Waals surface area contributed by atoms with E-state index in [0.717, 1.165) is 33.9 Å². The maximum Gasteiger partial charge on any atom is 0.418 e. The summed E-state index contributed by atoms with van der Waals surface area (Å²) in [7, 11) is 0. The minimum absolute atomic E-state index is 0.0447. The highest BCUT2D eigenvalue weighted by atomic mass is 32.2. The maximum absolute atomic E-state index is 13.8. The summed E-state index contributed by atoms with van der Waals surface area (Å²) >= 11 is -2.00. The van der Waals surface area contributed by atoms with E-state index in [4.69, 9.17) is 0 Å². The average Bonchev–Trinajstić information content (AvgIpc) is 2.88. The SMILES string of the molecule is O=S(O)Cc1cncc(-c2cccc(-c3c(Cc4ccccc4)cnc4c(C(F)(F)F)cccc34)c2)c1. The van der Waals surface area contributed by atoms with Gasteiger partial charge in [0.25, 0.3) is 0 Å². The Morgan fingerprint density at radius 2 is 1.54 bits per heavy atom. The van der Waals surface area contributed by atoms with E-state index in [0.29, 0.717) is 22.9 Å². The molecule has 37 heavy (non-hydrogen) atoms. The molecule has 5 rings (SSSR count). The fourth-order valence-corrected chi connectivity index (χ4v) is 4.95. The summed E-state index contributed by atoms with van der Waals surface area (Å²) in [6.45, 7) is 0. The third kappa shape index (κ3) is 5.45. The number of hydrogen-bond donors (Lipinski definition) is 1. The summed E-state index contributed by atoms with van der Waals surface area (Å²) in [5.74, 6) is -0.0447. The molecule has 5 aromatic rings. The summed E-state index contributed by atoms with van der Waals surface area (Å²) in [5.41, 5.74) is 4.51. The average molecular weight is 519 g/mol. The zero-order chi connectivity index (χ0) is 26.0. The Hall–Kier alpha value is -3.88. The molecule has 0 aliphatic rings. The molecule has 186 valence electrons. The summed E-state index contributed by atoms with van der Waals surface area (Å²) in [5, 5.41) is 0.419. The van der Waals surface area contributed by atoms with E-state index in [2.05, 4.69) is 9.97 Å². The molecule has 0 fully saturated rings. The molecule has 0 radical (unpaired) electrons. The molecule has 3 aromatic carbocycles. The van der Waals surface area contributed by atoms with Crippen molar-refractivity contribution < 1.29 is 21.9 Å². The van der Waals surface area contributed by atoms with Crippen molar-refractivity contribution in [3.8, 4) is 22.3 Å². The molecule has 8 heteroatoms. The molecule has 2 heterocycles. The van der Waals surface area contributed by atoms with Crippen LogP contribution in [0.3, 0.4) is 0 Å². The summed E-state index contributed by atoms with van der Waals surface area (Å²) in [6, 6.07) is 23.1. The number of para-hydroxylation sites is 1. The Labute approximate surface area is 214 Å². The Morgan fingerprint density at radius 3 is 2.30 bits per heavy atom. The lowest BCUT2D eigenvalue weighted by Gasteiger charge is -2.17. The van der Waals surface area contributed by atoms with Crippen LogP contribution >= 0.6 is 0 Å². The van der Waals surface area contributed by atoms with Crippen LogP contribution in [-0.4, -0.2) is 18.7 Å². The number of fused-ring (bicyclic) bond motifs is 1. The van der Waals surface area contributed by atoms with Crippen molar-refractivity contribution in [1.29, 1.82) is 0 Å². The first-order chi connectivity index (χ1) is 17.8. The summed E-state index contributed by atoms with van der Waals surface area (Å²) < 4.78 is 62.0. The third-order valence-electron chi connectivity index (χ3n) is 6.09. The number of aromatic nitrogens is 2. The number of hydrogen-bond acceptors (Lipinski definition) is 3. The van der Waals surface area contributed by atoms with E-state index in [1.54, 1.807) is 18.3 Å². The predicted molar refractivity (Wildman–Crippen MR) is 139 cm³/mol. The van der Waals surface area contributed by atoms with Crippen LogP contribution in [-0.2, 0) is 29.4 Å². The van der Waals surface area contributed by atoms with Gasteiger partial charge in [0.1, 0.15) is 0 Å². The van der Waals surface area contributed by atoms with Crippen molar-refractivity contribution in [2.45, 2.75) is 18.3 Å². The number of benzene rings is 3. The molecule has 2 aromatic heterocycles. The molecule has 0 aliphatic heterocycles. The van der Waals surface area contributed by atoms with Crippen LogP contribution in [0.25, 0.3) is 33.2 Å². The first kappa shape index (κ1) is 24.8. The highest BCUT2D eigenvalue weighted by Crippen LogP contribution is 2.39. The zero-order valence-corrected chi connectivity index (χ0v) is 20.3. The topological polar surface area (TPSA) is 63.1 Å². The molecule has 0 aliphatic carbocycles. The van der Waals surface area contributed by atoms with Crippen LogP contribution in [0, 0.1) is 0 Å². The quantitative estimate of drug-likeness (QED) is 0.240. The Morgan fingerprint density at radius 1 is 0.784 bits per heavy atom. The lowest BCUT2D eigenvalue weighted by Crippen LogP contribution is -2.07. The van der Waals surface area contributed by atoms with Crippen molar-refractivity contribution in [1.82, 2.24) is 9.97 Å². The van der Waals surface area contributed by atoms with Gasteiger partial charge in [0.2, 0.25) is 0 Å². The predicted octanol–water partition coefficient (Wildman–Crippen LogP) is 7.30. The highest BCUT2D eigenvalue weighted by molar-refractivity contribution is 7.78. The number of rotatable bonds is 6. The second-order valence-corrected chi connectivity index (χ2v) is 9.58. The third-order valence-corrected chi connectivity index (χ3v) is 6.67. The van der Waals surface area contributed by atoms with E-state index in [9.17, 15) is 21.9 Å². The monoisotopic (exact) mass is 518 g/mol.